The summed E-state index contributed by atoms with van der Waals surface area (Å²) in [6.07, 6.45) is 1.61. The average molecular weight is 320 g/mol. The lowest BCUT2D eigenvalue weighted by Crippen LogP contribution is -2.17. The summed E-state index contributed by atoms with van der Waals surface area (Å²) in [4.78, 5) is 16.4. The molecule has 3 aromatic rings. The van der Waals surface area contributed by atoms with E-state index in [4.69, 9.17) is 5.73 Å². The van der Waals surface area contributed by atoms with Gasteiger partial charge in [-0.3, -0.25) is 4.79 Å². The first-order chi connectivity index (χ1) is 11.6. The number of fused-ring (bicyclic) bond motifs is 2. The van der Waals surface area contributed by atoms with Crippen LogP contribution < -0.4 is 11.1 Å². The number of benzene rings is 2. The number of hydrogen-bond donors (Lipinski definition) is 2. The molecule has 0 fully saturated rings. The standard InChI is InChI=1S/C19H15FN3O/c20-13-6-7-14-11(9-13)5-8-17(14)23-19-15(18(21)24)10-12-3-1-2-4-16(12)22-19/h2-4,6-7,9-10,17H,5,8H2,(H2,21,24)(H,22,23). The lowest BCUT2D eigenvalue weighted by molar-refractivity contribution is 0.100. The highest BCUT2D eigenvalue weighted by molar-refractivity contribution is 6.01. The van der Waals surface area contributed by atoms with Crippen molar-refractivity contribution in [2.75, 3.05) is 5.32 Å². The molecule has 1 radical (unpaired) electrons. The Morgan fingerprint density at radius 3 is 3.04 bits per heavy atom. The van der Waals surface area contributed by atoms with Gasteiger partial charge in [0.05, 0.1) is 17.1 Å². The number of nitrogens with one attached hydrogen (secondary N) is 1. The summed E-state index contributed by atoms with van der Waals surface area (Å²) in [5.74, 6) is -0.302. The third-order valence-corrected chi connectivity index (χ3v) is 4.42. The van der Waals surface area contributed by atoms with Crippen molar-refractivity contribution < 1.29 is 9.18 Å². The van der Waals surface area contributed by atoms with Gasteiger partial charge in [-0.15, -0.1) is 0 Å². The molecule has 24 heavy (non-hydrogen) atoms. The van der Waals surface area contributed by atoms with Gasteiger partial charge in [0.1, 0.15) is 11.6 Å². The number of nitrogens with zero attached hydrogens (tertiary/aromatic N) is 1. The number of aryl methyl sites for hydroxylation is 1. The number of amides is 1. The first-order valence-electron chi connectivity index (χ1n) is 7.77. The first kappa shape index (κ1) is 14.6. The van der Waals surface area contributed by atoms with Crippen molar-refractivity contribution in [3.05, 3.63) is 71.0 Å². The maximum absolute atomic E-state index is 13.4. The quantitative estimate of drug-likeness (QED) is 0.777. The summed E-state index contributed by atoms with van der Waals surface area (Å²) < 4.78 is 13.4. The van der Waals surface area contributed by atoms with E-state index in [0.717, 1.165) is 34.9 Å². The highest BCUT2D eigenvalue weighted by Gasteiger charge is 2.24. The first-order valence-corrected chi connectivity index (χ1v) is 7.77. The maximum atomic E-state index is 13.4. The summed E-state index contributed by atoms with van der Waals surface area (Å²) in [5.41, 5.74) is 8.65. The van der Waals surface area contributed by atoms with Gasteiger partial charge in [0.15, 0.2) is 0 Å². The van der Waals surface area contributed by atoms with Crippen molar-refractivity contribution in [3.63, 3.8) is 0 Å². The van der Waals surface area contributed by atoms with Gasteiger partial charge in [0.25, 0.3) is 5.91 Å². The summed E-state index contributed by atoms with van der Waals surface area (Å²) >= 11 is 0. The molecule has 1 aliphatic rings. The smallest absolute Gasteiger partial charge is 0.252 e. The zero-order chi connectivity index (χ0) is 16.7. The molecule has 0 spiro atoms. The topological polar surface area (TPSA) is 68.0 Å². The number of nitrogens with two attached hydrogens (primary N) is 1. The van der Waals surface area contributed by atoms with Gasteiger partial charge >= 0.3 is 0 Å². The number of primary amides is 1. The lowest BCUT2D eigenvalue weighted by Gasteiger charge is -2.17. The largest absolute Gasteiger partial charge is 0.365 e. The molecule has 5 heteroatoms. The van der Waals surface area contributed by atoms with Crippen molar-refractivity contribution >= 4 is 22.6 Å². The van der Waals surface area contributed by atoms with Crippen LogP contribution in [0.15, 0.2) is 42.5 Å². The predicted octanol–water partition coefficient (Wildman–Crippen LogP) is 3.37. The van der Waals surface area contributed by atoms with Gasteiger partial charge in [-0.25, -0.2) is 9.37 Å². The minimum atomic E-state index is -0.534. The number of hydrogen-bond acceptors (Lipinski definition) is 3. The molecule has 1 amide bonds. The molecule has 2 aromatic carbocycles. The zero-order valence-corrected chi connectivity index (χ0v) is 12.8. The SMILES string of the molecule is NC(=O)c1cc2c[c]ccc2nc1NC1CCc2cc(F)ccc21. The maximum Gasteiger partial charge on any atom is 0.252 e. The van der Waals surface area contributed by atoms with Crippen molar-refractivity contribution in [2.24, 2.45) is 5.73 Å². The summed E-state index contributed by atoms with van der Waals surface area (Å²) in [6.45, 7) is 0. The summed E-state index contributed by atoms with van der Waals surface area (Å²) in [6, 6.07) is 14.9. The Kier molecular flexibility index (Phi) is 3.41. The van der Waals surface area contributed by atoms with Crippen LogP contribution in [-0.2, 0) is 6.42 Å². The lowest BCUT2D eigenvalue weighted by atomic mass is 10.1. The monoisotopic (exact) mass is 320 g/mol. The van der Waals surface area contributed by atoms with E-state index in [9.17, 15) is 9.18 Å². The molecule has 1 heterocycles. The number of carbonyl (C=O) groups is 1. The molecule has 1 aromatic heterocycles. The van der Waals surface area contributed by atoms with Gasteiger partial charge in [0, 0.05) is 5.39 Å². The van der Waals surface area contributed by atoms with Crippen LogP contribution in [0.5, 0.6) is 0 Å². The van der Waals surface area contributed by atoms with Gasteiger partial charge in [-0.05, 0) is 60.4 Å². The molecule has 4 nitrogen and oxygen atoms in total. The molecule has 3 N–H and O–H groups in total. The summed E-state index contributed by atoms with van der Waals surface area (Å²) in [5, 5.41) is 4.12. The second-order valence-electron chi connectivity index (χ2n) is 5.95. The Bertz CT molecular complexity index is 954. The van der Waals surface area contributed by atoms with Crippen molar-refractivity contribution in [1.29, 1.82) is 0 Å². The third kappa shape index (κ3) is 2.48. The molecular weight excluding hydrogens is 305 g/mol. The van der Waals surface area contributed by atoms with E-state index < -0.39 is 5.91 Å². The third-order valence-electron chi connectivity index (χ3n) is 4.42. The molecule has 1 aliphatic carbocycles. The number of rotatable bonds is 3. The fraction of sp³-hybridized carbons (Fsp3) is 0.158. The van der Waals surface area contributed by atoms with Crippen LogP contribution in [0.2, 0.25) is 0 Å². The van der Waals surface area contributed by atoms with E-state index >= 15 is 0 Å². The Balaban J connectivity index is 1.75. The molecule has 0 saturated heterocycles. The van der Waals surface area contributed by atoms with Crippen LogP contribution in [-0.4, -0.2) is 10.9 Å². The Hall–Kier alpha value is -2.95. The molecule has 1 atom stereocenters. The minimum Gasteiger partial charge on any atom is -0.365 e. The second-order valence-corrected chi connectivity index (χ2v) is 5.95. The number of anilines is 1. The predicted molar refractivity (Wildman–Crippen MR) is 90.2 cm³/mol. The highest BCUT2D eigenvalue weighted by Crippen LogP contribution is 2.35. The molecule has 0 aliphatic heterocycles. The fourth-order valence-corrected chi connectivity index (χ4v) is 3.26. The molecule has 119 valence electrons. The van der Waals surface area contributed by atoms with Gasteiger partial charge in [-0.2, -0.15) is 0 Å². The van der Waals surface area contributed by atoms with Crippen LogP contribution in [0.3, 0.4) is 0 Å². The Morgan fingerprint density at radius 1 is 1.33 bits per heavy atom. The molecule has 0 saturated carbocycles. The van der Waals surface area contributed by atoms with Gasteiger partial charge in [-0.1, -0.05) is 12.1 Å². The molecular formula is C19H15FN3O. The summed E-state index contributed by atoms with van der Waals surface area (Å²) in [7, 11) is 0. The Labute approximate surface area is 138 Å². The van der Waals surface area contributed by atoms with E-state index in [-0.39, 0.29) is 11.9 Å². The van der Waals surface area contributed by atoms with E-state index in [0.29, 0.717) is 11.4 Å². The Morgan fingerprint density at radius 2 is 2.21 bits per heavy atom. The zero-order valence-electron chi connectivity index (χ0n) is 12.8. The van der Waals surface area contributed by atoms with Crippen LogP contribution in [0.4, 0.5) is 10.2 Å². The number of halogens is 1. The van der Waals surface area contributed by atoms with Crippen LogP contribution in [0.1, 0.15) is 33.9 Å². The normalized spacial score (nSPS) is 16.1. The van der Waals surface area contributed by atoms with Crippen molar-refractivity contribution in [2.45, 2.75) is 18.9 Å². The molecule has 4 rings (SSSR count). The average Bonchev–Trinajstić information content (AvgIpc) is 2.96. The highest BCUT2D eigenvalue weighted by atomic mass is 19.1. The number of pyridine rings is 1. The van der Waals surface area contributed by atoms with Crippen molar-refractivity contribution in [3.8, 4) is 0 Å². The van der Waals surface area contributed by atoms with E-state index in [1.54, 1.807) is 30.3 Å². The fourth-order valence-electron chi connectivity index (χ4n) is 3.26. The van der Waals surface area contributed by atoms with Crippen LogP contribution in [0, 0.1) is 11.9 Å². The molecule has 1 unspecified atom stereocenters. The molecule has 0 bridgehead atoms. The van der Waals surface area contributed by atoms with E-state index in [2.05, 4.69) is 16.4 Å². The van der Waals surface area contributed by atoms with E-state index in [1.807, 2.05) is 6.07 Å². The number of carbonyl (C=O) groups excluding carboxylic acids is 1. The van der Waals surface area contributed by atoms with Crippen LogP contribution in [0.25, 0.3) is 10.9 Å². The number of aromatic nitrogens is 1. The second kappa shape index (κ2) is 5.60. The minimum absolute atomic E-state index is 0.0149. The van der Waals surface area contributed by atoms with Crippen LogP contribution >= 0.6 is 0 Å². The van der Waals surface area contributed by atoms with Gasteiger partial charge < -0.3 is 11.1 Å². The van der Waals surface area contributed by atoms with Crippen molar-refractivity contribution in [1.82, 2.24) is 4.98 Å². The van der Waals surface area contributed by atoms with Gasteiger partial charge in [0.2, 0.25) is 0 Å². The van der Waals surface area contributed by atoms with E-state index in [1.165, 1.54) is 6.07 Å².